The summed E-state index contributed by atoms with van der Waals surface area (Å²) in [5.74, 6) is -0.457. The average Bonchev–Trinajstić information content (AvgIpc) is 2.65. The molecule has 0 bridgehead atoms. The lowest BCUT2D eigenvalue weighted by Crippen LogP contribution is -2.06. The van der Waals surface area contributed by atoms with Crippen molar-refractivity contribution in [2.24, 2.45) is 0 Å². The van der Waals surface area contributed by atoms with Gasteiger partial charge < -0.3 is 9.84 Å². The highest BCUT2D eigenvalue weighted by molar-refractivity contribution is 9.10. The molecule has 0 aliphatic heterocycles. The first-order valence-corrected chi connectivity index (χ1v) is 5.46. The second kappa shape index (κ2) is 4.21. The Morgan fingerprint density at radius 1 is 1.41 bits per heavy atom. The van der Waals surface area contributed by atoms with Crippen LogP contribution in [0, 0.1) is 0 Å². The third-order valence-corrected chi connectivity index (χ3v) is 3.01. The Morgan fingerprint density at radius 2 is 2.12 bits per heavy atom. The zero-order chi connectivity index (χ0) is 12.6. The number of esters is 1. The molecule has 0 aliphatic rings. The molecular weight excluding hydrogens is 290 g/mol. The lowest BCUT2D eigenvalue weighted by Gasteiger charge is -2.00. The van der Waals surface area contributed by atoms with E-state index in [4.69, 9.17) is 5.11 Å². The Labute approximate surface area is 105 Å². The van der Waals surface area contributed by atoms with E-state index in [2.05, 4.69) is 20.7 Å². The van der Waals surface area contributed by atoms with Crippen LogP contribution < -0.4 is 0 Å². The summed E-state index contributed by atoms with van der Waals surface area (Å²) in [7, 11) is 1.30. The molecule has 17 heavy (non-hydrogen) atoms. The molecule has 0 fully saturated rings. The van der Waals surface area contributed by atoms with Crippen molar-refractivity contribution in [3.8, 4) is 0 Å². The SMILES string of the molecule is COC(=O)c1ccc2c(c1)c(Br)cn2C(=O)O. The number of methoxy groups -OCH3 is 1. The van der Waals surface area contributed by atoms with Gasteiger partial charge >= 0.3 is 12.1 Å². The van der Waals surface area contributed by atoms with E-state index in [1.807, 2.05) is 0 Å². The summed E-state index contributed by atoms with van der Waals surface area (Å²) >= 11 is 3.25. The third kappa shape index (κ3) is 1.91. The molecule has 0 radical (unpaired) electrons. The molecule has 5 nitrogen and oxygen atoms in total. The summed E-state index contributed by atoms with van der Waals surface area (Å²) in [5, 5.41) is 9.62. The molecule has 0 aliphatic carbocycles. The highest BCUT2D eigenvalue weighted by Gasteiger charge is 2.14. The molecular formula is C11H8BrNO4. The van der Waals surface area contributed by atoms with Gasteiger partial charge in [0.2, 0.25) is 0 Å². The van der Waals surface area contributed by atoms with Gasteiger partial charge in [-0.1, -0.05) is 0 Å². The van der Waals surface area contributed by atoms with Crippen molar-refractivity contribution in [2.75, 3.05) is 7.11 Å². The molecule has 0 saturated carbocycles. The molecule has 0 spiro atoms. The van der Waals surface area contributed by atoms with E-state index in [-0.39, 0.29) is 0 Å². The fourth-order valence-corrected chi connectivity index (χ4v) is 2.12. The number of fused-ring (bicyclic) bond motifs is 1. The van der Waals surface area contributed by atoms with E-state index < -0.39 is 12.1 Å². The van der Waals surface area contributed by atoms with Crippen molar-refractivity contribution in [3.05, 3.63) is 34.4 Å². The van der Waals surface area contributed by atoms with Crippen LogP contribution in [0.15, 0.2) is 28.9 Å². The van der Waals surface area contributed by atoms with Crippen LogP contribution in [0.1, 0.15) is 10.4 Å². The van der Waals surface area contributed by atoms with Crippen LogP contribution in [-0.4, -0.2) is 28.8 Å². The minimum atomic E-state index is -1.08. The first-order valence-electron chi connectivity index (χ1n) is 4.67. The molecule has 0 unspecified atom stereocenters. The second-order valence-electron chi connectivity index (χ2n) is 3.35. The van der Waals surface area contributed by atoms with Gasteiger partial charge in [-0.25, -0.2) is 9.59 Å². The Hall–Kier alpha value is -1.82. The minimum absolute atomic E-state index is 0.379. The number of hydrogen-bond acceptors (Lipinski definition) is 3. The lowest BCUT2D eigenvalue weighted by atomic mass is 10.1. The van der Waals surface area contributed by atoms with Gasteiger partial charge in [0.25, 0.3) is 0 Å². The highest BCUT2D eigenvalue weighted by Crippen LogP contribution is 2.27. The van der Waals surface area contributed by atoms with E-state index in [0.29, 0.717) is 20.9 Å². The van der Waals surface area contributed by atoms with Gasteiger partial charge in [-0.3, -0.25) is 4.57 Å². The summed E-state index contributed by atoms with van der Waals surface area (Å²) in [6.45, 7) is 0. The number of carboxylic acid groups (broad SMARTS) is 1. The number of rotatable bonds is 1. The van der Waals surface area contributed by atoms with E-state index in [1.165, 1.54) is 19.4 Å². The number of carbonyl (C=O) groups is 2. The molecule has 1 N–H and O–H groups in total. The summed E-state index contributed by atoms with van der Waals surface area (Å²) in [4.78, 5) is 22.3. The predicted octanol–water partition coefficient (Wildman–Crippen LogP) is 2.72. The third-order valence-electron chi connectivity index (χ3n) is 2.38. The number of carbonyl (C=O) groups excluding carboxylic acids is 1. The van der Waals surface area contributed by atoms with Crippen LogP contribution in [0.2, 0.25) is 0 Å². The number of halogens is 1. The van der Waals surface area contributed by atoms with Crippen molar-refractivity contribution in [1.82, 2.24) is 4.57 Å². The summed E-state index contributed by atoms with van der Waals surface area (Å²) in [6.07, 6.45) is 0.361. The first-order chi connectivity index (χ1) is 8.04. The molecule has 0 atom stereocenters. The summed E-state index contributed by atoms with van der Waals surface area (Å²) in [5.41, 5.74) is 0.890. The van der Waals surface area contributed by atoms with Crippen molar-refractivity contribution in [2.45, 2.75) is 0 Å². The Morgan fingerprint density at radius 3 is 2.71 bits per heavy atom. The number of aromatic nitrogens is 1. The fraction of sp³-hybridized carbons (Fsp3) is 0.0909. The van der Waals surface area contributed by atoms with Crippen molar-refractivity contribution >= 4 is 38.9 Å². The Balaban J connectivity index is 2.67. The molecule has 6 heteroatoms. The van der Waals surface area contributed by atoms with Gasteiger partial charge in [-0.05, 0) is 34.1 Å². The van der Waals surface area contributed by atoms with Gasteiger partial charge in [0, 0.05) is 16.1 Å². The lowest BCUT2D eigenvalue weighted by molar-refractivity contribution is 0.0601. The maximum atomic E-state index is 11.3. The van der Waals surface area contributed by atoms with Crippen molar-refractivity contribution in [3.63, 3.8) is 0 Å². The van der Waals surface area contributed by atoms with Gasteiger partial charge in [0.05, 0.1) is 18.2 Å². The number of benzene rings is 1. The van der Waals surface area contributed by atoms with Gasteiger partial charge in [0.1, 0.15) is 0 Å². The van der Waals surface area contributed by atoms with Crippen LogP contribution in [0.4, 0.5) is 4.79 Å². The number of hydrogen-bond donors (Lipinski definition) is 1. The molecule has 1 aromatic carbocycles. The van der Waals surface area contributed by atoms with Crippen molar-refractivity contribution in [1.29, 1.82) is 0 Å². The maximum Gasteiger partial charge on any atom is 0.416 e. The van der Waals surface area contributed by atoms with Crippen LogP contribution in [0.5, 0.6) is 0 Å². The smallest absolute Gasteiger partial charge is 0.416 e. The van der Waals surface area contributed by atoms with Crippen LogP contribution >= 0.6 is 15.9 Å². The number of ether oxygens (including phenoxy) is 1. The van der Waals surface area contributed by atoms with E-state index in [0.717, 1.165) is 4.57 Å². The zero-order valence-corrected chi connectivity index (χ0v) is 10.4. The summed E-state index contributed by atoms with van der Waals surface area (Å²) in [6, 6.07) is 4.69. The van der Waals surface area contributed by atoms with Crippen LogP contribution in [-0.2, 0) is 4.74 Å². The molecule has 0 amide bonds. The highest BCUT2D eigenvalue weighted by atomic mass is 79.9. The minimum Gasteiger partial charge on any atom is -0.465 e. The van der Waals surface area contributed by atoms with Gasteiger partial charge in [-0.15, -0.1) is 0 Å². The molecule has 2 rings (SSSR count). The van der Waals surface area contributed by atoms with Crippen molar-refractivity contribution < 1.29 is 19.4 Å². The fourth-order valence-electron chi connectivity index (χ4n) is 1.59. The van der Waals surface area contributed by atoms with Crippen LogP contribution in [0.3, 0.4) is 0 Å². The van der Waals surface area contributed by atoms with E-state index in [9.17, 15) is 9.59 Å². The maximum absolute atomic E-state index is 11.3. The second-order valence-corrected chi connectivity index (χ2v) is 4.21. The quantitative estimate of drug-likeness (QED) is 0.822. The van der Waals surface area contributed by atoms with Gasteiger partial charge in [-0.2, -0.15) is 0 Å². The largest absolute Gasteiger partial charge is 0.465 e. The topological polar surface area (TPSA) is 68.5 Å². The Kier molecular flexibility index (Phi) is 2.89. The standard InChI is InChI=1S/C11H8BrNO4/c1-17-10(14)6-2-3-9-7(4-6)8(12)5-13(9)11(15)16/h2-5H,1H3,(H,15,16). The number of nitrogens with zero attached hydrogens (tertiary/aromatic N) is 1. The first kappa shape index (κ1) is 11.7. The molecule has 1 heterocycles. The monoisotopic (exact) mass is 297 g/mol. The van der Waals surface area contributed by atoms with Gasteiger partial charge in [0.15, 0.2) is 0 Å². The normalized spacial score (nSPS) is 10.5. The van der Waals surface area contributed by atoms with E-state index >= 15 is 0 Å². The Bertz CT molecular complexity index is 617. The molecule has 1 aromatic heterocycles. The molecule has 2 aromatic rings. The van der Waals surface area contributed by atoms with E-state index in [1.54, 1.807) is 12.1 Å². The molecule has 0 saturated heterocycles. The molecule has 88 valence electrons. The van der Waals surface area contributed by atoms with Crippen LogP contribution in [0.25, 0.3) is 10.9 Å². The average molecular weight is 298 g/mol. The summed E-state index contributed by atoms with van der Waals surface area (Å²) < 4.78 is 6.30. The predicted molar refractivity (Wildman–Crippen MR) is 64.4 cm³/mol. The zero-order valence-electron chi connectivity index (χ0n) is 8.81.